The van der Waals surface area contributed by atoms with Crippen LogP contribution < -0.4 is 5.32 Å². The van der Waals surface area contributed by atoms with Crippen molar-refractivity contribution in [2.75, 3.05) is 13.1 Å². The molecule has 0 saturated heterocycles. The van der Waals surface area contributed by atoms with Gasteiger partial charge in [0, 0.05) is 17.0 Å². The Balaban J connectivity index is 2.34. The molecule has 1 saturated carbocycles. The van der Waals surface area contributed by atoms with Gasteiger partial charge in [-0.3, -0.25) is 0 Å². The van der Waals surface area contributed by atoms with Gasteiger partial charge in [-0.15, -0.1) is 0 Å². The number of rotatable bonds is 4. The Hall–Kier alpha value is -0.600. The molecule has 0 radical (unpaired) electrons. The first-order chi connectivity index (χ1) is 9.18. The summed E-state index contributed by atoms with van der Waals surface area (Å²) < 4.78 is 13.3. The fourth-order valence-electron chi connectivity index (χ4n) is 3.23. The maximum absolute atomic E-state index is 13.3. The SMILES string of the molecule is CCNCC1(c2ccc(F)cc2Cl)CCCCCC1. The number of halogens is 2. The van der Waals surface area contributed by atoms with Crippen molar-refractivity contribution < 1.29 is 4.39 Å². The molecule has 0 amide bonds. The molecule has 1 nitrogen and oxygen atoms in total. The van der Waals surface area contributed by atoms with Crippen molar-refractivity contribution in [3.8, 4) is 0 Å². The van der Waals surface area contributed by atoms with E-state index in [1.807, 2.05) is 6.07 Å². The lowest BCUT2D eigenvalue weighted by Gasteiger charge is -2.34. The molecule has 0 aliphatic heterocycles. The minimum absolute atomic E-state index is 0.0806. The molecule has 3 heteroatoms. The van der Waals surface area contributed by atoms with Gasteiger partial charge in [0.1, 0.15) is 5.82 Å². The Morgan fingerprint density at radius 3 is 2.47 bits per heavy atom. The van der Waals surface area contributed by atoms with E-state index in [0.717, 1.165) is 31.5 Å². The Labute approximate surface area is 120 Å². The van der Waals surface area contributed by atoms with Crippen LogP contribution in [0.3, 0.4) is 0 Å². The van der Waals surface area contributed by atoms with E-state index in [0.29, 0.717) is 5.02 Å². The zero-order chi connectivity index (χ0) is 13.7. The maximum Gasteiger partial charge on any atom is 0.124 e. The van der Waals surface area contributed by atoms with Crippen LogP contribution >= 0.6 is 11.6 Å². The first-order valence-electron chi connectivity index (χ1n) is 7.34. The predicted octanol–water partition coefficient (Wildman–Crippen LogP) is 4.68. The van der Waals surface area contributed by atoms with E-state index >= 15 is 0 Å². The minimum Gasteiger partial charge on any atom is -0.316 e. The summed E-state index contributed by atoms with van der Waals surface area (Å²) in [5.74, 6) is -0.249. The molecule has 0 atom stereocenters. The molecule has 1 fully saturated rings. The molecular weight excluding hydrogens is 261 g/mol. The molecule has 1 aliphatic rings. The minimum atomic E-state index is -0.249. The van der Waals surface area contributed by atoms with Crippen LogP contribution in [0.25, 0.3) is 0 Å². The summed E-state index contributed by atoms with van der Waals surface area (Å²) in [6, 6.07) is 4.88. The molecule has 0 spiro atoms. The summed E-state index contributed by atoms with van der Waals surface area (Å²) in [5, 5.41) is 4.06. The molecule has 19 heavy (non-hydrogen) atoms. The van der Waals surface area contributed by atoms with E-state index < -0.39 is 0 Å². The molecular formula is C16H23ClFN. The van der Waals surface area contributed by atoms with Gasteiger partial charge in [-0.2, -0.15) is 0 Å². The number of benzene rings is 1. The third-order valence-corrected chi connectivity index (χ3v) is 4.59. The number of likely N-dealkylation sites (N-methyl/N-ethyl adjacent to an activating group) is 1. The second-order valence-corrected chi connectivity index (χ2v) is 6.01. The third-order valence-electron chi connectivity index (χ3n) is 4.28. The van der Waals surface area contributed by atoms with Gasteiger partial charge in [-0.1, -0.05) is 50.3 Å². The van der Waals surface area contributed by atoms with E-state index in [1.165, 1.54) is 31.7 Å². The zero-order valence-electron chi connectivity index (χ0n) is 11.6. The summed E-state index contributed by atoms with van der Waals surface area (Å²) in [6.07, 6.45) is 7.36. The normalized spacial score (nSPS) is 19.1. The lowest BCUT2D eigenvalue weighted by molar-refractivity contribution is 0.350. The molecule has 1 aromatic carbocycles. The number of nitrogens with one attached hydrogen (secondary N) is 1. The number of hydrogen-bond donors (Lipinski definition) is 1. The van der Waals surface area contributed by atoms with Gasteiger partial charge < -0.3 is 5.32 Å². The third kappa shape index (κ3) is 3.49. The van der Waals surface area contributed by atoms with Gasteiger partial charge in [0.15, 0.2) is 0 Å². The number of hydrogen-bond acceptors (Lipinski definition) is 1. The van der Waals surface area contributed by atoms with Crippen LogP contribution in [0.15, 0.2) is 18.2 Å². The van der Waals surface area contributed by atoms with Gasteiger partial charge in [0.2, 0.25) is 0 Å². The van der Waals surface area contributed by atoms with Crippen LogP contribution in [-0.2, 0) is 5.41 Å². The molecule has 1 aromatic rings. The summed E-state index contributed by atoms with van der Waals surface area (Å²) in [7, 11) is 0. The van der Waals surface area contributed by atoms with Crippen LogP contribution in [0.5, 0.6) is 0 Å². The van der Waals surface area contributed by atoms with Gasteiger partial charge in [-0.05, 0) is 37.1 Å². The Bertz CT molecular complexity index is 411. The molecule has 0 aromatic heterocycles. The smallest absolute Gasteiger partial charge is 0.124 e. The first kappa shape index (κ1) is 14.8. The first-order valence-corrected chi connectivity index (χ1v) is 7.72. The quantitative estimate of drug-likeness (QED) is 0.791. The van der Waals surface area contributed by atoms with Crippen molar-refractivity contribution in [3.63, 3.8) is 0 Å². The lowest BCUT2D eigenvalue weighted by Crippen LogP contribution is -2.38. The Morgan fingerprint density at radius 1 is 1.21 bits per heavy atom. The summed E-state index contributed by atoms with van der Waals surface area (Å²) in [4.78, 5) is 0. The highest BCUT2D eigenvalue weighted by Crippen LogP contribution is 2.41. The largest absolute Gasteiger partial charge is 0.316 e. The van der Waals surface area contributed by atoms with Crippen LogP contribution in [0.4, 0.5) is 4.39 Å². The molecule has 0 bridgehead atoms. The van der Waals surface area contributed by atoms with E-state index in [2.05, 4.69) is 12.2 Å². The highest BCUT2D eigenvalue weighted by atomic mass is 35.5. The summed E-state index contributed by atoms with van der Waals surface area (Å²) in [5.41, 5.74) is 1.20. The van der Waals surface area contributed by atoms with E-state index in [1.54, 1.807) is 6.07 Å². The highest BCUT2D eigenvalue weighted by Gasteiger charge is 2.34. The van der Waals surface area contributed by atoms with Crippen molar-refractivity contribution in [2.24, 2.45) is 0 Å². The maximum atomic E-state index is 13.3. The molecule has 106 valence electrons. The highest BCUT2D eigenvalue weighted by molar-refractivity contribution is 6.31. The van der Waals surface area contributed by atoms with Crippen molar-refractivity contribution in [3.05, 3.63) is 34.6 Å². The average Bonchev–Trinajstić information content (AvgIpc) is 2.63. The second kappa shape index (κ2) is 6.71. The van der Waals surface area contributed by atoms with Crippen molar-refractivity contribution >= 4 is 11.6 Å². The predicted molar refractivity (Wildman–Crippen MR) is 79.3 cm³/mol. The monoisotopic (exact) mass is 283 g/mol. The summed E-state index contributed by atoms with van der Waals surface area (Å²) in [6.45, 7) is 4.02. The molecule has 0 heterocycles. The van der Waals surface area contributed by atoms with Gasteiger partial charge >= 0.3 is 0 Å². The molecule has 1 N–H and O–H groups in total. The van der Waals surface area contributed by atoms with Crippen LogP contribution in [-0.4, -0.2) is 13.1 Å². The second-order valence-electron chi connectivity index (χ2n) is 5.60. The van der Waals surface area contributed by atoms with Crippen LogP contribution in [0, 0.1) is 5.82 Å². The van der Waals surface area contributed by atoms with Gasteiger partial charge in [-0.25, -0.2) is 4.39 Å². The Morgan fingerprint density at radius 2 is 1.89 bits per heavy atom. The van der Waals surface area contributed by atoms with Crippen molar-refractivity contribution in [1.29, 1.82) is 0 Å². The Kier molecular flexibility index (Phi) is 5.23. The average molecular weight is 284 g/mol. The van der Waals surface area contributed by atoms with E-state index in [-0.39, 0.29) is 11.2 Å². The zero-order valence-corrected chi connectivity index (χ0v) is 12.4. The lowest BCUT2D eigenvalue weighted by atomic mass is 9.74. The van der Waals surface area contributed by atoms with Crippen LogP contribution in [0.1, 0.15) is 51.0 Å². The van der Waals surface area contributed by atoms with Gasteiger partial charge in [0.05, 0.1) is 0 Å². The van der Waals surface area contributed by atoms with Gasteiger partial charge in [0.25, 0.3) is 0 Å². The van der Waals surface area contributed by atoms with E-state index in [4.69, 9.17) is 11.6 Å². The van der Waals surface area contributed by atoms with Crippen molar-refractivity contribution in [2.45, 2.75) is 50.9 Å². The van der Waals surface area contributed by atoms with Crippen LogP contribution in [0.2, 0.25) is 5.02 Å². The van der Waals surface area contributed by atoms with E-state index in [9.17, 15) is 4.39 Å². The standard InChI is InChI=1S/C16H23ClFN/c1-2-19-12-16(9-5-3-4-6-10-16)14-8-7-13(18)11-15(14)17/h7-8,11,19H,2-6,9-10,12H2,1H3. The molecule has 1 aliphatic carbocycles. The fourth-order valence-corrected chi connectivity index (χ4v) is 3.60. The summed E-state index contributed by atoms with van der Waals surface area (Å²) >= 11 is 6.32. The molecule has 2 rings (SSSR count). The van der Waals surface area contributed by atoms with Crippen molar-refractivity contribution in [1.82, 2.24) is 5.32 Å². The topological polar surface area (TPSA) is 12.0 Å². The molecule has 0 unspecified atom stereocenters. The fraction of sp³-hybridized carbons (Fsp3) is 0.625.